The van der Waals surface area contributed by atoms with Gasteiger partial charge >= 0.3 is 5.97 Å². The number of benzene rings is 1. The van der Waals surface area contributed by atoms with Crippen LogP contribution in [0.5, 0.6) is 0 Å². The second-order valence-electron chi connectivity index (χ2n) is 6.00. The summed E-state index contributed by atoms with van der Waals surface area (Å²) in [6.07, 6.45) is 5.80. The molecule has 0 aliphatic heterocycles. The van der Waals surface area contributed by atoms with E-state index in [1.165, 1.54) is 11.3 Å². The lowest BCUT2D eigenvalue weighted by molar-refractivity contribution is 0.0526. The minimum absolute atomic E-state index is 0.247. The normalized spacial score (nSPS) is 13.5. The number of hydrogen-bond acceptors (Lipinski definition) is 6. The Morgan fingerprint density at radius 3 is 2.96 bits per heavy atom. The van der Waals surface area contributed by atoms with E-state index in [9.17, 15) is 4.79 Å². The van der Waals surface area contributed by atoms with Crippen molar-refractivity contribution >= 4 is 39.0 Å². The number of ether oxygens (including phenoxy) is 1. The predicted molar refractivity (Wildman–Crippen MR) is 99.7 cm³/mol. The molecule has 0 bridgehead atoms. The van der Waals surface area contributed by atoms with Gasteiger partial charge in [0.25, 0.3) is 0 Å². The van der Waals surface area contributed by atoms with Crippen molar-refractivity contribution in [2.45, 2.75) is 32.6 Å². The number of para-hydroxylation sites is 1. The van der Waals surface area contributed by atoms with Gasteiger partial charge in [-0.05, 0) is 50.3 Å². The van der Waals surface area contributed by atoms with Crippen molar-refractivity contribution in [1.82, 2.24) is 9.97 Å². The summed E-state index contributed by atoms with van der Waals surface area (Å²) < 4.78 is 5.31. The van der Waals surface area contributed by atoms with Gasteiger partial charge in [-0.25, -0.2) is 14.8 Å². The van der Waals surface area contributed by atoms with E-state index in [4.69, 9.17) is 4.74 Å². The molecule has 6 heteroatoms. The number of nitrogens with one attached hydrogen (secondary N) is 1. The zero-order valence-electron chi connectivity index (χ0n) is 14.0. The quantitative estimate of drug-likeness (QED) is 0.700. The van der Waals surface area contributed by atoms with Crippen molar-refractivity contribution in [2.24, 2.45) is 0 Å². The number of fused-ring (bicyclic) bond motifs is 2. The van der Waals surface area contributed by atoms with Crippen LogP contribution in [0.15, 0.2) is 30.6 Å². The van der Waals surface area contributed by atoms with Crippen LogP contribution in [0.1, 0.15) is 40.6 Å². The largest absolute Gasteiger partial charge is 0.462 e. The van der Waals surface area contributed by atoms with Crippen LogP contribution in [0.25, 0.3) is 10.9 Å². The molecule has 2 heterocycles. The number of rotatable bonds is 4. The highest BCUT2D eigenvalue weighted by molar-refractivity contribution is 7.16. The van der Waals surface area contributed by atoms with Crippen LogP contribution in [0.4, 0.5) is 10.8 Å². The second kappa shape index (κ2) is 6.80. The first-order chi connectivity index (χ1) is 12.3. The van der Waals surface area contributed by atoms with Gasteiger partial charge in [0, 0.05) is 10.3 Å². The number of carbonyl (C=O) groups excluding carboxylic acids is 1. The third-order valence-corrected chi connectivity index (χ3v) is 5.63. The number of carbonyl (C=O) groups is 1. The maximum Gasteiger partial charge on any atom is 0.341 e. The van der Waals surface area contributed by atoms with E-state index in [0.717, 1.165) is 46.5 Å². The van der Waals surface area contributed by atoms with E-state index in [1.54, 1.807) is 17.7 Å². The van der Waals surface area contributed by atoms with Gasteiger partial charge in [0.2, 0.25) is 0 Å². The van der Waals surface area contributed by atoms with E-state index >= 15 is 0 Å². The lowest BCUT2D eigenvalue weighted by Gasteiger charge is -2.12. The fourth-order valence-corrected chi connectivity index (χ4v) is 4.56. The SMILES string of the molecule is CCOC(=O)c1c(Nc2ncnc3ccccc23)sc2c1CCCC2. The van der Waals surface area contributed by atoms with Gasteiger partial charge in [-0.2, -0.15) is 0 Å². The predicted octanol–water partition coefficient (Wildman–Crippen LogP) is 4.49. The lowest BCUT2D eigenvalue weighted by Crippen LogP contribution is -2.11. The molecule has 0 saturated heterocycles. The van der Waals surface area contributed by atoms with E-state index in [0.29, 0.717) is 12.2 Å². The minimum Gasteiger partial charge on any atom is -0.462 e. The zero-order chi connectivity index (χ0) is 17.2. The molecule has 1 aliphatic rings. The van der Waals surface area contributed by atoms with Gasteiger partial charge in [-0.3, -0.25) is 0 Å². The average molecular weight is 353 g/mol. The van der Waals surface area contributed by atoms with Crippen molar-refractivity contribution in [3.63, 3.8) is 0 Å². The van der Waals surface area contributed by atoms with E-state index in [2.05, 4.69) is 15.3 Å². The monoisotopic (exact) mass is 353 g/mol. The summed E-state index contributed by atoms with van der Waals surface area (Å²) in [7, 11) is 0. The van der Waals surface area contributed by atoms with E-state index < -0.39 is 0 Å². The molecular weight excluding hydrogens is 334 g/mol. The molecule has 3 aromatic rings. The number of thiophene rings is 1. The maximum atomic E-state index is 12.6. The van der Waals surface area contributed by atoms with Crippen LogP contribution in [0.3, 0.4) is 0 Å². The first-order valence-electron chi connectivity index (χ1n) is 8.56. The van der Waals surface area contributed by atoms with Gasteiger partial charge in [-0.15, -0.1) is 11.3 Å². The zero-order valence-corrected chi connectivity index (χ0v) is 14.9. The molecule has 4 rings (SSSR count). The Balaban J connectivity index is 1.79. The van der Waals surface area contributed by atoms with Crippen molar-refractivity contribution in [3.05, 3.63) is 46.6 Å². The average Bonchev–Trinajstić information content (AvgIpc) is 3.00. The Morgan fingerprint density at radius 2 is 2.08 bits per heavy atom. The molecule has 0 spiro atoms. The first kappa shape index (κ1) is 16.0. The molecule has 0 saturated carbocycles. The van der Waals surface area contributed by atoms with Crippen molar-refractivity contribution < 1.29 is 9.53 Å². The van der Waals surface area contributed by atoms with Gasteiger partial charge in [0.1, 0.15) is 17.1 Å². The summed E-state index contributed by atoms with van der Waals surface area (Å²) in [5.74, 6) is 0.470. The molecule has 5 nitrogen and oxygen atoms in total. The Bertz CT molecular complexity index is 930. The molecule has 0 unspecified atom stereocenters. The number of hydrogen-bond donors (Lipinski definition) is 1. The molecule has 1 aliphatic carbocycles. The number of anilines is 2. The standard InChI is InChI=1S/C19H19N3O2S/c1-2-24-19(23)16-13-8-4-6-10-15(13)25-18(16)22-17-12-7-3-5-9-14(12)20-11-21-17/h3,5,7,9,11H,2,4,6,8,10H2,1H3,(H,20,21,22). The van der Waals surface area contributed by atoms with Crippen LogP contribution >= 0.6 is 11.3 Å². The topological polar surface area (TPSA) is 64.1 Å². The fourth-order valence-electron chi connectivity index (χ4n) is 3.29. The van der Waals surface area contributed by atoms with Crippen LogP contribution in [0.2, 0.25) is 0 Å². The van der Waals surface area contributed by atoms with Gasteiger partial charge in [0.15, 0.2) is 0 Å². The molecule has 1 aromatic carbocycles. The molecule has 2 aromatic heterocycles. The maximum absolute atomic E-state index is 12.6. The van der Waals surface area contributed by atoms with Crippen molar-refractivity contribution in [2.75, 3.05) is 11.9 Å². The van der Waals surface area contributed by atoms with Crippen molar-refractivity contribution in [3.8, 4) is 0 Å². The van der Waals surface area contributed by atoms with Crippen molar-refractivity contribution in [1.29, 1.82) is 0 Å². The summed E-state index contributed by atoms with van der Waals surface area (Å²) in [6, 6.07) is 7.85. The lowest BCUT2D eigenvalue weighted by atomic mass is 9.95. The summed E-state index contributed by atoms with van der Waals surface area (Å²) in [4.78, 5) is 22.5. The minimum atomic E-state index is -0.247. The number of nitrogens with zero attached hydrogens (tertiary/aromatic N) is 2. The molecule has 0 atom stereocenters. The smallest absolute Gasteiger partial charge is 0.341 e. The molecule has 1 N–H and O–H groups in total. The van der Waals surface area contributed by atoms with Gasteiger partial charge < -0.3 is 10.1 Å². The van der Waals surface area contributed by atoms with E-state index in [-0.39, 0.29) is 5.97 Å². The van der Waals surface area contributed by atoms with Gasteiger partial charge in [0.05, 0.1) is 17.7 Å². The molecule has 0 fully saturated rings. The summed E-state index contributed by atoms with van der Waals surface area (Å²) in [5.41, 5.74) is 2.71. The second-order valence-corrected chi connectivity index (χ2v) is 7.11. The third kappa shape index (κ3) is 2.98. The Morgan fingerprint density at radius 1 is 1.24 bits per heavy atom. The highest BCUT2D eigenvalue weighted by Gasteiger charge is 2.26. The molecule has 128 valence electrons. The van der Waals surface area contributed by atoms with Crippen LogP contribution in [-0.2, 0) is 17.6 Å². The summed E-state index contributed by atoms with van der Waals surface area (Å²) in [5, 5.41) is 5.14. The Labute approximate surface area is 150 Å². The van der Waals surface area contributed by atoms with Gasteiger partial charge in [-0.1, -0.05) is 12.1 Å². The third-order valence-electron chi connectivity index (χ3n) is 4.43. The Kier molecular flexibility index (Phi) is 4.36. The number of aryl methyl sites for hydroxylation is 1. The highest BCUT2D eigenvalue weighted by atomic mass is 32.1. The van der Waals surface area contributed by atoms with Crippen LogP contribution in [-0.4, -0.2) is 22.5 Å². The summed E-state index contributed by atoms with van der Waals surface area (Å²) >= 11 is 1.65. The van der Waals surface area contributed by atoms with E-state index in [1.807, 2.05) is 31.2 Å². The van der Waals surface area contributed by atoms with Crippen LogP contribution in [0, 0.1) is 0 Å². The first-order valence-corrected chi connectivity index (χ1v) is 9.38. The molecule has 0 radical (unpaired) electrons. The number of aromatic nitrogens is 2. The number of esters is 1. The molecule has 0 amide bonds. The summed E-state index contributed by atoms with van der Waals surface area (Å²) in [6.45, 7) is 2.21. The molecule has 25 heavy (non-hydrogen) atoms. The fraction of sp³-hybridized carbons (Fsp3) is 0.316. The molecular formula is C19H19N3O2S. The van der Waals surface area contributed by atoms with Crippen LogP contribution < -0.4 is 5.32 Å². The highest BCUT2D eigenvalue weighted by Crippen LogP contribution is 2.40. The Hall–Kier alpha value is -2.47.